The number of rotatable bonds is 8. The van der Waals surface area contributed by atoms with Crippen molar-refractivity contribution >= 4 is 55.0 Å². The Balaban J connectivity index is 1.58. The van der Waals surface area contributed by atoms with Crippen LogP contribution in [0.15, 0.2) is 54.6 Å². The van der Waals surface area contributed by atoms with E-state index < -0.39 is 0 Å². The molecule has 32 heavy (non-hydrogen) atoms. The number of thiazole rings is 1. The molecule has 0 aliphatic rings. The number of likely N-dealkylation sites (N-methyl/N-ethyl adjacent to an activating group) is 1. The fourth-order valence-electron chi connectivity index (χ4n) is 3.33. The Morgan fingerprint density at radius 2 is 1.84 bits per heavy atom. The zero-order valence-electron chi connectivity index (χ0n) is 18.2. The molecule has 0 saturated carbocycles. The summed E-state index contributed by atoms with van der Waals surface area (Å²) in [6, 6.07) is 17.4. The third kappa shape index (κ3) is 4.80. The Hall–Kier alpha value is -2.87. The maximum absolute atomic E-state index is 13.2. The normalized spacial score (nSPS) is 11.3. The lowest BCUT2D eigenvalue weighted by Gasteiger charge is -2.22. The lowest BCUT2D eigenvalue weighted by atomic mass is 10.1. The molecule has 1 aromatic heterocycles. The van der Waals surface area contributed by atoms with E-state index in [9.17, 15) is 4.79 Å². The van der Waals surface area contributed by atoms with Crippen LogP contribution in [-0.2, 0) is 4.79 Å². The Morgan fingerprint density at radius 1 is 1.06 bits per heavy atom. The van der Waals surface area contributed by atoms with E-state index in [-0.39, 0.29) is 12.5 Å². The van der Waals surface area contributed by atoms with E-state index >= 15 is 0 Å². The molecule has 0 aliphatic carbocycles. The lowest BCUT2D eigenvalue weighted by molar-refractivity contribution is -0.120. The van der Waals surface area contributed by atoms with Gasteiger partial charge in [-0.1, -0.05) is 53.3 Å². The number of carbonyl (C=O) groups excluding carboxylic acids is 1. The number of methoxy groups -OCH3 is 1. The Kier molecular flexibility index (Phi) is 6.79. The monoisotopic (exact) mass is 469 g/mol. The summed E-state index contributed by atoms with van der Waals surface area (Å²) in [6.07, 6.45) is 0. The van der Waals surface area contributed by atoms with Crippen LogP contribution < -0.4 is 14.4 Å². The predicted molar refractivity (Wildman–Crippen MR) is 132 cm³/mol. The molecule has 0 fully saturated rings. The van der Waals surface area contributed by atoms with Crippen LogP contribution in [0.4, 0.5) is 5.13 Å². The maximum atomic E-state index is 13.2. The molecule has 4 rings (SSSR count). The first-order valence-electron chi connectivity index (χ1n) is 10.2. The molecule has 0 radical (unpaired) electrons. The van der Waals surface area contributed by atoms with Crippen molar-refractivity contribution in [3.63, 3.8) is 0 Å². The van der Waals surface area contributed by atoms with E-state index in [0.717, 1.165) is 15.5 Å². The van der Waals surface area contributed by atoms with Crippen molar-refractivity contribution in [2.45, 2.75) is 0 Å². The molecule has 8 heteroatoms. The first-order valence-corrected chi connectivity index (χ1v) is 11.4. The van der Waals surface area contributed by atoms with Gasteiger partial charge in [0, 0.05) is 13.1 Å². The van der Waals surface area contributed by atoms with Crippen molar-refractivity contribution < 1.29 is 14.3 Å². The lowest BCUT2D eigenvalue weighted by Crippen LogP contribution is -2.39. The van der Waals surface area contributed by atoms with Crippen molar-refractivity contribution in [1.29, 1.82) is 0 Å². The second-order valence-electron chi connectivity index (χ2n) is 7.57. The van der Waals surface area contributed by atoms with Crippen molar-refractivity contribution in [1.82, 2.24) is 9.88 Å². The van der Waals surface area contributed by atoms with Crippen LogP contribution in [0.3, 0.4) is 0 Å². The quantitative estimate of drug-likeness (QED) is 0.360. The van der Waals surface area contributed by atoms with E-state index in [1.165, 1.54) is 11.3 Å². The fraction of sp³-hybridized carbons (Fsp3) is 0.250. The number of ether oxygens (including phenoxy) is 2. The van der Waals surface area contributed by atoms with Gasteiger partial charge in [-0.15, -0.1) is 0 Å². The van der Waals surface area contributed by atoms with Gasteiger partial charge in [-0.25, -0.2) is 4.98 Å². The van der Waals surface area contributed by atoms with E-state index in [1.54, 1.807) is 24.1 Å². The molecule has 0 N–H and O–H groups in total. The first-order chi connectivity index (χ1) is 15.5. The molecule has 1 amide bonds. The second kappa shape index (κ2) is 9.73. The highest BCUT2D eigenvalue weighted by Crippen LogP contribution is 2.38. The van der Waals surface area contributed by atoms with Gasteiger partial charge in [-0.3, -0.25) is 9.69 Å². The van der Waals surface area contributed by atoms with Gasteiger partial charge in [0.05, 0.1) is 16.8 Å². The number of hydrogen-bond donors (Lipinski definition) is 0. The van der Waals surface area contributed by atoms with Gasteiger partial charge in [-0.2, -0.15) is 0 Å². The van der Waals surface area contributed by atoms with Crippen LogP contribution >= 0.6 is 22.9 Å². The van der Waals surface area contributed by atoms with E-state index in [2.05, 4.69) is 4.98 Å². The van der Waals surface area contributed by atoms with Gasteiger partial charge in [0.2, 0.25) is 0 Å². The molecular weight excluding hydrogens is 446 g/mol. The summed E-state index contributed by atoms with van der Waals surface area (Å²) in [6.45, 7) is 1.07. The van der Waals surface area contributed by atoms with E-state index in [1.807, 2.05) is 61.5 Å². The minimum Gasteiger partial charge on any atom is -0.494 e. The Bertz CT molecular complexity index is 1260. The SMILES string of the molecule is COc1ccc(Cl)c2sc(N(CCN(C)C)C(=O)COc3ccc4ccccc4c3)nc12. The van der Waals surface area contributed by atoms with Crippen LogP contribution in [0.25, 0.3) is 21.0 Å². The number of fused-ring (bicyclic) bond motifs is 2. The van der Waals surface area contributed by atoms with Crippen LogP contribution in [-0.4, -0.2) is 56.7 Å². The number of hydrogen-bond acceptors (Lipinski definition) is 6. The number of anilines is 1. The summed E-state index contributed by atoms with van der Waals surface area (Å²) in [4.78, 5) is 21.5. The summed E-state index contributed by atoms with van der Waals surface area (Å²) in [7, 11) is 5.52. The molecule has 0 unspecified atom stereocenters. The number of amides is 1. The predicted octanol–water partition coefficient (Wildman–Crippen LogP) is 5.09. The molecule has 0 atom stereocenters. The zero-order valence-corrected chi connectivity index (χ0v) is 19.7. The maximum Gasteiger partial charge on any atom is 0.266 e. The van der Waals surface area contributed by atoms with Gasteiger partial charge in [0.15, 0.2) is 11.7 Å². The molecule has 0 bridgehead atoms. The molecule has 6 nitrogen and oxygen atoms in total. The minimum atomic E-state index is -0.172. The second-order valence-corrected chi connectivity index (χ2v) is 8.95. The summed E-state index contributed by atoms with van der Waals surface area (Å²) < 4.78 is 12.1. The van der Waals surface area contributed by atoms with Crippen LogP contribution in [0.5, 0.6) is 11.5 Å². The molecule has 0 spiro atoms. The summed E-state index contributed by atoms with van der Waals surface area (Å²) in [5, 5.41) is 3.34. The average Bonchev–Trinajstić information content (AvgIpc) is 3.24. The molecule has 3 aromatic carbocycles. The minimum absolute atomic E-state index is 0.0907. The highest BCUT2D eigenvalue weighted by molar-refractivity contribution is 7.23. The number of carbonyl (C=O) groups is 1. The van der Waals surface area contributed by atoms with Crippen LogP contribution in [0, 0.1) is 0 Å². The third-order valence-corrected chi connectivity index (χ3v) is 6.59. The Morgan fingerprint density at radius 3 is 2.59 bits per heavy atom. The number of aromatic nitrogens is 1. The molecule has 166 valence electrons. The first kappa shape index (κ1) is 22.3. The smallest absolute Gasteiger partial charge is 0.266 e. The van der Waals surface area contributed by atoms with Crippen molar-refractivity contribution in [3.8, 4) is 11.5 Å². The molecule has 1 heterocycles. The van der Waals surface area contributed by atoms with Crippen LogP contribution in [0.1, 0.15) is 0 Å². The fourth-order valence-corrected chi connectivity index (χ4v) is 4.63. The topological polar surface area (TPSA) is 54.9 Å². The molecule has 0 saturated heterocycles. The molecule has 0 aliphatic heterocycles. The van der Waals surface area contributed by atoms with E-state index in [0.29, 0.717) is 40.3 Å². The van der Waals surface area contributed by atoms with Gasteiger partial charge in [0.25, 0.3) is 5.91 Å². The largest absolute Gasteiger partial charge is 0.494 e. The average molecular weight is 470 g/mol. The summed E-state index contributed by atoms with van der Waals surface area (Å²) in [5.74, 6) is 1.10. The van der Waals surface area contributed by atoms with Gasteiger partial charge in [-0.05, 0) is 49.1 Å². The van der Waals surface area contributed by atoms with Gasteiger partial charge < -0.3 is 14.4 Å². The van der Waals surface area contributed by atoms with Crippen molar-refractivity contribution in [2.75, 3.05) is 45.8 Å². The molecular formula is C24H24ClN3O3S. The van der Waals surface area contributed by atoms with Crippen LogP contribution in [0.2, 0.25) is 5.02 Å². The van der Waals surface area contributed by atoms with Crippen molar-refractivity contribution in [3.05, 3.63) is 59.6 Å². The van der Waals surface area contributed by atoms with E-state index in [4.69, 9.17) is 21.1 Å². The highest BCUT2D eigenvalue weighted by Gasteiger charge is 2.22. The zero-order chi connectivity index (χ0) is 22.7. The summed E-state index contributed by atoms with van der Waals surface area (Å²) in [5.41, 5.74) is 0.651. The van der Waals surface area contributed by atoms with Crippen molar-refractivity contribution in [2.24, 2.45) is 0 Å². The van der Waals surface area contributed by atoms with Gasteiger partial charge in [0.1, 0.15) is 17.0 Å². The number of halogens is 1. The Labute approximate surface area is 195 Å². The third-order valence-electron chi connectivity index (χ3n) is 5.05. The molecule has 4 aromatic rings. The number of nitrogens with zero attached hydrogens (tertiary/aromatic N) is 3. The standard InChI is InChI=1S/C24H24ClN3O3S/c1-27(2)12-13-28(24-26-22-20(30-3)11-10-19(25)23(22)32-24)21(29)15-31-18-9-8-16-6-4-5-7-17(16)14-18/h4-11,14H,12-13,15H2,1-3H3. The number of benzene rings is 3. The summed E-state index contributed by atoms with van der Waals surface area (Å²) >= 11 is 7.75. The van der Waals surface area contributed by atoms with Gasteiger partial charge >= 0.3 is 0 Å². The highest BCUT2D eigenvalue weighted by atomic mass is 35.5.